The van der Waals surface area contributed by atoms with Crippen LogP contribution in [-0.2, 0) is 16.1 Å². The molecule has 0 aliphatic rings. The van der Waals surface area contributed by atoms with Crippen LogP contribution in [-0.4, -0.2) is 35.9 Å². The SMILES string of the molecule is CC[C@@H](C(=O)NCC(C)C)N(Cc1c(Cl)cccc1Cl)C(=O)COc1ccc(C)c(C)c1. The first-order valence-electron chi connectivity index (χ1n) is 10.8. The Morgan fingerprint density at radius 2 is 1.72 bits per heavy atom. The van der Waals surface area contributed by atoms with Gasteiger partial charge in [0.1, 0.15) is 11.8 Å². The number of aryl methyl sites for hydroxylation is 2. The maximum atomic E-state index is 13.3. The highest BCUT2D eigenvalue weighted by molar-refractivity contribution is 6.36. The van der Waals surface area contributed by atoms with Crippen molar-refractivity contribution in [2.45, 2.75) is 53.6 Å². The van der Waals surface area contributed by atoms with Crippen LogP contribution in [0.3, 0.4) is 0 Å². The summed E-state index contributed by atoms with van der Waals surface area (Å²) < 4.78 is 5.77. The highest BCUT2D eigenvalue weighted by Gasteiger charge is 2.30. The summed E-state index contributed by atoms with van der Waals surface area (Å²) in [6.45, 7) is 10.4. The molecule has 2 amide bonds. The normalized spacial score (nSPS) is 11.9. The van der Waals surface area contributed by atoms with Gasteiger partial charge in [-0.15, -0.1) is 0 Å². The van der Waals surface area contributed by atoms with E-state index in [0.717, 1.165) is 11.1 Å². The molecule has 0 aliphatic carbocycles. The number of hydrogen-bond acceptors (Lipinski definition) is 3. The summed E-state index contributed by atoms with van der Waals surface area (Å²) in [5.74, 6) is 0.385. The van der Waals surface area contributed by atoms with Crippen molar-refractivity contribution in [3.63, 3.8) is 0 Å². The van der Waals surface area contributed by atoms with Crippen LogP contribution in [0.1, 0.15) is 43.9 Å². The van der Waals surface area contributed by atoms with Crippen LogP contribution in [0.2, 0.25) is 10.0 Å². The number of amides is 2. The highest BCUT2D eigenvalue weighted by Crippen LogP contribution is 2.27. The molecule has 0 fully saturated rings. The van der Waals surface area contributed by atoms with Gasteiger partial charge in [0.25, 0.3) is 5.91 Å². The number of hydrogen-bond donors (Lipinski definition) is 1. The molecule has 0 saturated heterocycles. The molecule has 0 radical (unpaired) electrons. The van der Waals surface area contributed by atoms with E-state index in [2.05, 4.69) is 5.32 Å². The van der Waals surface area contributed by atoms with E-state index in [9.17, 15) is 9.59 Å². The molecular formula is C25H32Cl2N2O3. The first-order chi connectivity index (χ1) is 15.1. The Hall–Kier alpha value is -2.24. The Bertz CT molecular complexity index is 927. The average molecular weight is 479 g/mol. The van der Waals surface area contributed by atoms with Gasteiger partial charge in [-0.3, -0.25) is 9.59 Å². The molecule has 1 atom stereocenters. The lowest BCUT2D eigenvalue weighted by Gasteiger charge is -2.31. The predicted octanol–water partition coefficient (Wildman–Crippen LogP) is 5.57. The third-order valence-electron chi connectivity index (χ3n) is 5.30. The number of nitrogens with one attached hydrogen (secondary N) is 1. The molecule has 0 spiro atoms. The van der Waals surface area contributed by atoms with Gasteiger partial charge in [0.05, 0.1) is 0 Å². The van der Waals surface area contributed by atoms with Gasteiger partial charge in [-0.05, 0) is 61.6 Å². The monoisotopic (exact) mass is 478 g/mol. The zero-order valence-electron chi connectivity index (χ0n) is 19.4. The number of halogens is 2. The topological polar surface area (TPSA) is 58.6 Å². The summed E-state index contributed by atoms with van der Waals surface area (Å²) in [6, 6.07) is 10.2. The van der Waals surface area contributed by atoms with Gasteiger partial charge in [0.2, 0.25) is 5.91 Å². The Balaban J connectivity index is 2.27. The van der Waals surface area contributed by atoms with E-state index in [0.29, 0.717) is 40.2 Å². The maximum absolute atomic E-state index is 13.3. The van der Waals surface area contributed by atoms with Crippen LogP contribution < -0.4 is 10.1 Å². The van der Waals surface area contributed by atoms with Gasteiger partial charge >= 0.3 is 0 Å². The largest absolute Gasteiger partial charge is 0.484 e. The van der Waals surface area contributed by atoms with Crippen molar-refractivity contribution in [2.75, 3.05) is 13.2 Å². The summed E-state index contributed by atoms with van der Waals surface area (Å²) >= 11 is 12.7. The van der Waals surface area contributed by atoms with Gasteiger partial charge < -0.3 is 15.0 Å². The van der Waals surface area contributed by atoms with Gasteiger partial charge in [0, 0.05) is 28.7 Å². The van der Waals surface area contributed by atoms with E-state index in [1.54, 1.807) is 18.2 Å². The first-order valence-corrected chi connectivity index (χ1v) is 11.6. The molecular weight excluding hydrogens is 447 g/mol. The van der Waals surface area contributed by atoms with E-state index in [1.165, 1.54) is 4.90 Å². The molecule has 7 heteroatoms. The van der Waals surface area contributed by atoms with E-state index in [-0.39, 0.29) is 25.0 Å². The quantitative estimate of drug-likeness (QED) is 0.485. The van der Waals surface area contributed by atoms with Crippen molar-refractivity contribution in [3.05, 3.63) is 63.1 Å². The number of carbonyl (C=O) groups excluding carboxylic acids is 2. The van der Waals surface area contributed by atoms with Gasteiger partial charge in [-0.2, -0.15) is 0 Å². The molecule has 0 saturated carbocycles. The molecule has 2 aromatic carbocycles. The number of benzene rings is 2. The summed E-state index contributed by atoms with van der Waals surface area (Å²) in [7, 11) is 0. The van der Waals surface area contributed by atoms with Crippen LogP contribution in [0.25, 0.3) is 0 Å². The Morgan fingerprint density at radius 1 is 1.06 bits per heavy atom. The fourth-order valence-electron chi connectivity index (χ4n) is 3.23. The summed E-state index contributed by atoms with van der Waals surface area (Å²) in [5.41, 5.74) is 2.83. The Kier molecular flexibility index (Phi) is 9.85. The van der Waals surface area contributed by atoms with Crippen LogP contribution in [0.15, 0.2) is 36.4 Å². The fourth-order valence-corrected chi connectivity index (χ4v) is 3.74. The number of ether oxygens (including phenoxy) is 1. The molecule has 0 aromatic heterocycles. The van der Waals surface area contributed by atoms with E-state index < -0.39 is 6.04 Å². The summed E-state index contributed by atoms with van der Waals surface area (Å²) in [4.78, 5) is 27.7. The molecule has 2 rings (SSSR count). The van der Waals surface area contributed by atoms with E-state index >= 15 is 0 Å². The highest BCUT2D eigenvalue weighted by atomic mass is 35.5. The van der Waals surface area contributed by atoms with E-state index in [4.69, 9.17) is 27.9 Å². The third-order valence-corrected chi connectivity index (χ3v) is 6.01. The van der Waals surface area contributed by atoms with Gasteiger partial charge in [0.15, 0.2) is 6.61 Å². The minimum atomic E-state index is -0.669. The smallest absolute Gasteiger partial charge is 0.261 e. The lowest BCUT2D eigenvalue weighted by Crippen LogP contribution is -2.50. The summed E-state index contributed by atoms with van der Waals surface area (Å²) in [5, 5.41) is 3.83. The van der Waals surface area contributed by atoms with Gasteiger partial charge in [-0.25, -0.2) is 0 Å². The molecule has 2 aromatic rings. The average Bonchev–Trinajstić information content (AvgIpc) is 2.74. The second-order valence-electron chi connectivity index (χ2n) is 8.32. The third kappa shape index (κ3) is 7.14. The molecule has 0 unspecified atom stereocenters. The molecule has 0 bridgehead atoms. The zero-order valence-corrected chi connectivity index (χ0v) is 20.9. The zero-order chi connectivity index (χ0) is 23.8. The molecule has 32 heavy (non-hydrogen) atoms. The minimum absolute atomic E-state index is 0.112. The molecule has 0 heterocycles. The van der Waals surface area contributed by atoms with Crippen molar-refractivity contribution >= 4 is 35.0 Å². The van der Waals surface area contributed by atoms with Crippen molar-refractivity contribution in [3.8, 4) is 5.75 Å². The maximum Gasteiger partial charge on any atom is 0.261 e. The Morgan fingerprint density at radius 3 is 2.28 bits per heavy atom. The summed E-state index contributed by atoms with van der Waals surface area (Å²) in [6.07, 6.45) is 0.446. The molecule has 1 N–H and O–H groups in total. The Labute approximate surface area is 201 Å². The standard InChI is InChI=1S/C25H32Cl2N2O3/c1-6-23(25(31)28-13-16(2)3)29(14-20-21(26)8-7-9-22(20)27)24(30)15-32-19-11-10-17(4)18(5)12-19/h7-12,16,23H,6,13-15H2,1-5H3,(H,28,31)/t23-/m0/s1. The van der Waals surface area contributed by atoms with Crippen molar-refractivity contribution in [2.24, 2.45) is 5.92 Å². The first kappa shape index (κ1) is 26.0. The number of nitrogens with zero attached hydrogens (tertiary/aromatic N) is 1. The molecule has 5 nitrogen and oxygen atoms in total. The van der Waals surface area contributed by atoms with Crippen LogP contribution in [0.4, 0.5) is 0 Å². The lowest BCUT2D eigenvalue weighted by molar-refractivity contribution is -0.143. The molecule has 174 valence electrons. The van der Waals surface area contributed by atoms with Crippen molar-refractivity contribution < 1.29 is 14.3 Å². The van der Waals surface area contributed by atoms with Crippen molar-refractivity contribution in [1.29, 1.82) is 0 Å². The second kappa shape index (κ2) is 12.1. The van der Waals surface area contributed by atoms with Gasteiger partial charge in [-0.1, -0.05) is 56.1 Å². The van der Waals surface area contributed by atoms with Crippen LogP contribution >= 0.6 is 23.2 Å². The minimum Gasteiger partial charge on any atom is -0.484 e. The van der Waals surface area contributed by atoms with Crippen molar-refractivity contribution in [1.82, 2.24) is 10.2 Å². The second-order valence-corrected chi connectivity index (χ2v) is 9.13. The van der Waals surface area contributed by atoms with E-state index in [1.807, 2.05) is 52.8 Å². The number of carbonyl (C=O) groups is 2. The van der Waals surface area contributed by atoms with Crippen LogP contribution in [0, 0.1) is 19.8 Å². The number of rotatable bonds is 10. The predicted molar refractivity (Wildman–Crippen MR) is 130 cm³/mol. The molecule has 0 aliphatic heterocycles. The fraction of sp³-hybridized carbons (Fsp3) is 0.440. The lowest BCUT2D eigenvalue weighted by atomic mass is 10.1. The van der Waals surface area contributed by atoms with Crippen LogP contribution in [0.5, 0.6) is 5.75 Å².